The average molecular weight is 305 g/mol. The van der Waals surface area contributed by atoms with Crippen molar-refractivity contribution in [1.29, 1.82) is 0 Å². The lowest BCUT2D eigenvalue weighted by molar-refractivity contribution is -0.145. The Hall–Kier alpha value is -1.84. The Labute approximate surface area is 133 Å². The fourth-order valence-corrected chi connectivity index (χ4v) is 1.83. The first kappa shape index (κ1) is 18.2. The Bertz CT molecular complexity index is 540. The number of nitrogens with one attached hydrogen (secondary N) is 1. The number of benzene rings is 1. The quantitative estimate of drug-likeness (QED) is 0.866. The van der Waals surface area contributed by atoms with Gasteiger partial charge < -0.3 is 10.1 Å². The highest BCUT2D eigenvalue weighted by Gasteiger charge is 2.42. The van der Waals surface area contributed by atoms with Gasteiger partial charge in [0.05, 0.1) is 5.56 Å². The summed E-state index contributed by atoms with van der Waals surface area (Å²) >= 11 is 0. The van der Waals surface area contributed by atoms with E-state index in [1.54, 1.807) is 19.1 Å². The third-order valence-electron chi connectivity index (χ3n) is 3.63. The van der Waals surface area contributed by atoms with Gasteiger partial charge >= 0.3 is 5.97 Å². The second kappa shape index (κ2) is 6.51. The molecule has 1 unspecified atom stereocenters. The first-order chi connectivity index (χ1) is 9.95. The molecule has 0 aliphatic rings. The van der Waals surface area contributed by atoms with Crippen molar-refractivity contribution in [3.05, 3.63) is 35.4 Å². The van der Waals surface area contributed by atoms with Gasteiger partial charge in [0.15, 0.2) is 5.60 Å². The van der Waals surface area contributed by atoms with Crippen LogP contribution in [0.25, 0.3) is 0 Å². The molecule has 1 N–H and O–H groups in total. The Morgan fingerprint density at radius 3 is 1.95 bits per heavy atom. The van der Waals surface area contributed by atoms with Crippen molar-refractivity contribution < 1.29 is 14.3 Å². The topological polar surface area (TPSA) is 55.4 Å². The number of ether oxygens (including phenoxy) is 1. The summed E-state index contributed by atoms with van der Waals surface area (Å²) in [5.41, 5.74) is -0.0895. The Balaban J connectivity index is 2.98. The summed E-state index contributed by atoms with van der Waals surface area (Å²) in [5.74, 6) is -0.917. The van der Waals surface area contributed by atoms with Crippen LogP contribution in [0.15, 0.2) is 24.3 Å². The molecule has 4 nitrogen and oxygen atoms in total. The van der Waals surface area contributed by atoms with E-state index in [0.717, 1.165) is 5.56 Å². The number of rotatable bonds is 4. The first-order valence-corrected chi connectivity index (χ1v) is 7.58. The fourth-order valence-electron chi connectivity index (χ4n) is 1.83. The molecule has 0 saturated carbocycles. The molecule has 1 atom stereocenters. The van der Waals surface area contributed by atoms with Crippen LogP contribution in [-0.2, 0) is 9.53 Å². The van der Waals surface area contributed by atoms with E-state index in [1.165, 1.54) is 0 Å². The fraction of sp³-hybridized carbons (Fsp3) is 0.556. The summed E-state index contributed by atoms with van der Waals surface area (Å²) in [6.45, 7) is 13.0. The second-order valence-corrected chi connectivity index (χ2v) is 7.22. The maximum atomic E-state index is 12.6. The lowest BCUT2D eigenvalue weighted by Gasteiger charge is -2.35. The predicted octanol–water partition coefficient (Wildman–Crippen LogP) is 3.48. The lowest BCUT2D eigenvalue weighted by Crippen LogP contribution is -2.56. The SMILES string of the molecule is Cc1ccc(C(=O)OC(C)(C(=O)NC(C)(C)C)C(C)C)cc1. The Kier molecular flexibility index (Phi) is 5.39. The van der Waals surface area contributed by atoms with Crippen LogP contribution in [0, 0.1) is 12.8 Å². The van der Waals surface area contributed by atoms with Crippen LogP contribution >= 0.6 is 0 Å². The van der Waals surface area contributed by atoms with E-state index in [4.69, 9.17) is 4.74 Å². The van der Waals surface area contributed by atoms with Crippen LogP contribution in [0.3, 0.4) is 0 Å². The van der Waals surface area contributed by atoms with E-state index >= 15 is 0 Å². The average Bonchev–Trinajstić information content (AvgIpc) is 2.36. The van der Waals surface area contributed by atoms with Gasteiger partial charge in [-0.05, 0) is 46.8 Å². The molecule has 0 aliphatic heterocycles. The maximum absolute atomic E-state index is 12.6. The molecule has 1 amide bonds. The predicted molar refractivity (Wildman–Crippen MR) is 87.7 cm³/mol. The van der Waals surface area contributed by atoms with Crippen molar-refractivity contribution in [3.8, 4) is 0 Å². The highest BCUT2D eigenvalue weighted by molar-refractivity contribution is 5.94. The van der Waals surface area contributed by atoms with Gasteiger partial charge in [-0.3, -0.25) is 4.79 Å². The van der Waals surface area contributed by atoms with Gasteiger partial charge in [-0.1, -0.05) is 31.5 Å². The van der Waals surface area contributed by atoms with Gasteiger partial charge in [0.25, 0.3) is 5.91 Å². The zero-order valence-corrected chi connectivity index (χ0v) is 14.6. The van der Waals surface area contributed by atoms with Crippen molar-refractivity contribution >= 4 is 11.9 Å². The summed E-state index contributed by atoms with van der Waals surface area (Å²) < 4.78 is 5.58. The minimum absolute atomic E-state index is 0.149. The van der Waals surface area contributed by atoms with Gasteiger partial charge in [-0.2, -0.15) is 0 Å². The van der Waals surface area contributed by atoms with Crippen LogP contribution in [0.1, 0.15) is 57.5 Å². The third-order valence-corrected chi connectivity index (χ3v) is 3.63. The molecular weight excluding hydrogens is 278 g/mol. The zero-order chi connectivity index (χ0) is 17.1. The molecule has 22 heavy (non-hydrogen) atoms. The molecule has 1 rings (SSSR count). The lowest BCUT2D eigenvalue weighted by atomic mass is 9.90. The molecule has 0 fully saturated rings. The first-order valence-electron chi connectivity index (χ1n) is 7.58. The van der Waals surface area contributed by atoms with Crippen molar-refractivity contribution in [2.45, 2.75) is 59.6 Å². The van der Waals surface area contributed by atoms with Gasteiger partial charge in [0, 0.05) is 11.5 Å². The number of esters is 1. The van der Waals surface area contributed by atoms with Crippen LogP contribution < -0.4 is 5.32 Å². The largest absolute Gasteiger partial charge is 0.445 e. The van der Waals surface area contributed by atoms with Crippen LogP contribution in [0.5, 0.6) is 0 Å². The molecule has 1 aromatic rings. The van der Waals surface area contributed by atoms with Gasteiger partial charge in [-0.25, -0.2) is 4.79 Å². The standard InChI is InChI=1S/C18H27NO3/c1-12(2)18(7,16(21)19-17(4,5)6)22-15(20)14-10-8-13(3)9-11-14/h8-12H,1-7H3,(H,19,21). The molecule has 0 bridgehead atoms. The summed E-state index contributed by atoms with van der Waals surface area (Å²) in [6, 6.07) is 7.11. The van der Waals surface area contributed by atoms with Gasteiger partial charge in [0.1, 0.15) is 0 Å². The molecule has 0 spiro atoms. The maximum Gasteiger partial charge on any atom is 0.339 e. The number of carbonyl (C=O) groups is 2. The molecule has 4 heteroatoms. The molecule has 1 aromatic carbocycles. The van der Waals surface area contributed by atoms with E-state index in [0.29, 0.717) is 5.56 Å². The summed E-state index contributed by atoms with van der Waals surface area (Å²) in [5, 5.41) is 2.89. The molecule has 0 heterocycles. The van der Waals surface area contributed by atoms with Crippen molar-refractivity contribution in [1.82, 2.24) is 5.32 Å². The summed E-state index contributed by atoms with van der Waals surface area (Å²) in [7, 11) is 0. The minimum atomic E-state index is -1.21. The molecular formula is C18H27NO3. The number of aryl methyl sites for hydroxylation is 1. The van der Waals surface area contributed by atoms with Crippen molar-refractivity contribution in [2.24, 2.45) is 5.92 Å². The van der Waals surface area contributed by atoms with Gasteiger partial charge in [0.2, 0.25) is 0 Å². The molecule has 0 saturated heterocycles. The van der Waals surface area contributed by atoms with Crippen LogP contribution in [0.4, 0.5) is 0 Å². The third kappa shape index (κ3) is 4.58. The summed E-state index contributed by atoms with van der Waals surface area (Å²) in [4.78, 5) is 24.9. The molecule has 0 radical (unpaired) electrons. The van der Waals surface area contributed by atoms with E-state index in [-0.39, 0.29) is 17.4 Å². The van der Waals surface area contributed by atoms with E-state index in [2.05, 4.69) is 5.32 Å². The Morgan fingerprint density at radius 2 is 1.55 bits per heavy atom. The molecule has 122 valence electrons. The van der Waals surface area contributed by atoms with Crippen LogP contribution in [0.2, 0.25) is 0 Å². The minimum Gasteiger partial charge on any atom is -0.445 e. The normalized spacial score (nSPS) is 14.4. The van der Waals surface area contributed by atoms with E-state index < -0.39 is 11.6 Å². The monoisotopic (exact) mass is 305 g/mol. The molecule has 0 aromatic heterocycles. The number of carbonyl (C=O) groups excluding carboxylic acids is 2. The zero-order valence-electron chi connectivity index (χ0n) is 14.6. The van der Waals surface area contributed by atoms with Crippen molar-refractivity contribution in [3.63, 3.8) is 0 Å². The number of hydrogen-bond acceptors (Lipinski definition) is 3. The Morgan fingerprint density at radius 1 is 1.05 bits per heavy atom. The second-order valence-electron chi connectivity index (χ2n) is 7.22. The van der Waals surface area contributed by atoms with E-state index in [9.17, 15) is 9.59 Å². The number of hydrogen-bond donors (Lipinski definition) is 1. The van der Waals surface area contributed by atoms with E-state index in [1.807, 2.05) is 53.7 Å². The summed E-state index contributed by atoms with van der Waals surface area (Å²) in [6.07, 6.45) is 0. The van der Waals surface area contributed by atoms with Crippen LogP contribution in [-0.4, -0.2) is 23.0 Å². The van der Waals surface area contributed by atoms with Crippen molar-refractivity contribution in [2.75, 3.05) is 0 Å². The smallest absolute Gasteiger partial charge is 0.339 e. The highest BCUT2D eigenvalue weighted by Crippen LogP contribution is 2.24. The highest BCUT2D eigenvalue weighted by atomic mass is 16.6. The number of amides is 1. The molecule has 0 aliphatic carbocycles. The van der Waals surface area contributed by atoms with Gasteiger partial charge in [-0.15, -0.1) is 0 Å².